The Morgan fingerprint density at radius 3 is 2.95 bits per heavy atom. The number of methoxy groups -OCH3 is 1. The van der Waals surface area contributed by atoms with Crippen LogP contribution in [-0.2, 0) is 6.67 Å². The summed E-state index contributed by atoms with van der Waals surface area (Å²) in [6.07, 6.45) is 2.20. The van der Waals surface area contributed by atoms with Gasteiger partial charge in [-0.2, -0.15) is 10.4 Å². The van der Waals surface area contributed by atoms with Gasteiger partial charge in [-0.15, -0.1) is 0 Å². The van der Waals surface area contributed by atoms with Crippen molar-refractivity contribution in [1.82, 2.24) is 19.2 Å². The molecule has 2 rings (SSSR count). The molecule has 0 saturated carbocycles. The molecule has 0 radical (unpaired) electrons. The molecule has 0 fully saturated rings. The van der Waals surface area contributed by atoms with Gasteiger partial charge in [0.25, 0.3) is 0 Å². The number of ether oxygens (including phenoxy) is 1. The molecule has 0 unspecified atom stereocenters. The minimum Gasteiger partial charge on any atom is -0.497 e. The lowest BCUT2D eigenvalue weighted by atomic mass is 10.3. The van der Waals surface area contributed by atoms with Gasteiger partial charge < -0.3 is 4.74 Å². The molecule has 1 aromatic heterocycles. The zero-order valence-corrected chi connectivity index (χ0v) is 13.6. The third-order valence-corrected chi connectivity index (χ3v) is 3.79. The number of nitriles is 1. The van der Waals surface area contributed by atoms with Gasteiger partial charge in [-0.25, -0.2) is 4.68 Å². The predicted molar refractivity (Wildman–Crippen MR) is 86.4 cm³/mol. The maximum atomic E-state index is 8.70. The topological polar surface area (TPSA) is 59.0 Å². The first-order valence-corrected chi connectivity index (χ1v) is 7.48. The van der Waals surface area contributed by atoms with E-state index in [4.69, 9.17) is 22.2 Å². The van der Waals surface area contributed by atoms with Gasteiger partial charge in [0.2, 0.25) is 4.77 Å². The van der Waals surface area contributed by atoms with Gasteiger partial charge in [0, 0.05) is 19.0 Å². The highest BCUT2D eigenvalue weighted by Crippen LogP contribution is 2.16. The number of benzene rings is 1. The second kappa shape index (κ2) is 7.73. The summed E-state index contributed by atoms with van der Waals surface area (Å²) in [6.45, 7) is 4.18. The van der Waals surface area contributed by atoms with Crippen molar-refractivity contribution < 1.29 is 4.74 Å². The molecule has 0 aliphatic carbocycles. The first kappa shape index (κ1) is 16.2. The van der Waals surface area contributed by atoms with Crippen molar-refractivity contribution in [2.75, 3.05) is 20.2 Å². The van der Waals surface area contributed by atoms with Crippen LogP contribution in [0, 0.1) is 16.1 Å². The van der Waals surface area contributed by atoms with E-state index < -0.39 is 0 Å². The molecule has 1 heterocycles. The van der Waals surface area contributed by atoms with E-state index in [1.54, 1.807) is 18.1 Å². The van der Waals surface area contributed by atoms with Crippen molar-refractivity contribution in [1.29, 1.82) is 5.26 Å². The van der Waals surface area contributed by atoms with E-state index in [2.05, 4.69) is 23.0 Å². The summed E-state index contributed by atoms with van der Waals surface area (Å²) in [6, 6.07) is 9.83. The fourth-order valence-corrected chi connectivity index (χ4v) is 2.36. The molecular weight excluding hydrogens is 298 g/mol. The summed E-state index contributed by atoms with van der Waals surface area (Å²) in [7, 11) is 1.64. The summed E-state index contributed by atoms with van der Waals surface area (Å²) >= 11 is 5.50. The molecule has 1 aromatic carbocycles. The van der Waals surface area contributed by atoms with E-state index in [0.29, 0.717) is 24.4 Å². The van der Waals surface area contributed by atoms with Crippen molar-refractivity contribution in [2.45, 2.75) is 20.0 Å². The van der Waals surface area contributed by atoms with E-state index in [1.165, 1.54) is 0 Å². The van der Waals surface area contributed by atoms with Gasteiger partial charge in [-0.3, -0.25) is 9.47 Å². The van der Waals surface area contributed by atoms with Crippen LogP contribution in [0.1, 0.15) is 13.3 Å². The van der Waals surface area contributed by atoms with E-state index in [-0.39, 0.29) is 0 Å². The zero-order valence-electron chi connectivity index (χ0n) is 12.8. The van der Waals surface area contributed by atoms with Crippen LogP contribution in [0.15, 0.2) is 30.6 Å². The monoisotopic (exact) mass is 317 g/mol. The van der Waals surface area contributed by atoms with Crippen molar-refractivity contribution in [2.24, 2.45) is 0 Å². The molecule has 0 amide bonds. The van der Waals surface area contributed by atoms with Crippen LogP contribution >= 0.6 is 12.2 Å². The molecule has 2 aromatic rings. The standard InChI is InChI=1S/C15H19N5OS/c1-3-18(9-5-8-16)12-20-15(22)19(11-17-20)13-6-4-7-14(10-13)21-2/h4,6-7,10-11H,3,5,9,12H2,1-2H3. The van der Waals surface area contributed by atoms with Crippen molar-refractivity contribution in [3.05, 3.63) is 35.4 Å². The molecule has 0 N–H and O–H groups in total. The second-order valence-corrected chi connectivity index (χ2v) is 5.11. The van der Waals surface area contributed by atoms with Crippen molar-refractivity contribution in [3.63, 3.8) is 0 Å². The smallest absolute Gasteiger partial charge is 0.203 e. The minimum atomic E-state index is 0.498. The molecule has 116 valence electrons. The van der Waals surface area contributed by atoms with Crippen molar-refractivity contribution in [3.8, 4) is 17.5 Å². The fraction of sp³-hybridized carbons (Fsp3) is 0.400. The normalized spacial score (nSPS) is 10.6. The number of rotatable bonds is 7. The molecule has 6 nitrogen and oxygen atoms in total. The van der Waals surface area contributed by atoms with E-state index in [1.807, 2.05) is 28.8 Å². The van der Waals surface area contributed by atoms with E-state index in [0.717, 1.165) is 18.0 Å². The Morgan fingerprint density at radius 1 is 1.45 bits per heavy atom. The van der Waals surface area contributed by atoms with E-state index in [9.17, 15) is 0 Å². The van der Waals surface area contributed by atoms with Crippen LogP contribution < -0.4 is 4.74 Å². The zero-order chi connectivity index (χ0) is 15.9. The maximum absolute atomic E-state index is 8.70. The predicted octanol–water partition coefficient (Wildman–Crippen LogP) is 2.60. The van der Waals surface area contributed by atoms with Crippen LogP contribution in [0.3, 0.4) is 0 Å². The largest absolute Gasteiger partial charge is 0.497 e. The lowest BCUT2D eigenvalue weighted by Gasteiger charge is -2.18. The van der Waals surface area contributed by atoms with Crippen LogP contribution in [0.2, 0.25) is 0 Å². The van der Waals surface area contributed by atoms with Crippen LogP contribution in [0.4, 0.5) is 0 Å². The number of hydrogen-bond donors (Lipinski definition) is 0. The van der Waals surface area contributed by atoms with Crippen LogP contribution in [0.5, 0.6) is 5.75 Å². The fourth-order valence-electron chi connectivity index (χ4n) is 2.10. The van der Waals surface area contributed by atoms with Gasteiger partial charge in [-0.05, 0) is 30.9 Å². The first-order valence-electron chi connectivity index (χ1n) is 7.07. The van der Waals surface area contributed by atoms with E-state index >= 15 is 0 Å². The summed E-state index contributed by atoms with van der Waals surface area (Å²) < 4.78 is 9.45. The maximum Gasteiger partial charge on any atom is 0.203 e. The SMILES string of the molecule is CCN(CCC#N)Cn1ncn(-c2cccc(OC)c2)c1=S. The highest BCUT2D eigenvalue weighted by Gasteiger charge is 2.08. The van der Waals surface area contributed by atoms with Crippen LogP contribution in [-0.4, -0.2) is 39.4 Å². The molecule has 0 spiro atoms. The third-order valence-electron chi connectivity index (χ3n) is 3.39. The summed E-state index contributed by atoms with van der Waals surface area (Å²) in [5.74, 6) is 0.774. The summed E-state index contributed by atoms with van der Waals surface area (Å²) in [5.41, 5.74) is 0.913. The quantitative estimate of drug-likeness (QED) is 0.735. The molecule has 0 bridgehead atoms. The highest BCUT2D eigenvalue weighted by molar-refractivity contribution is 7.71. The Balaban J connectivity index is 2.22. The van der Waals surface area contributed by atoms with Gasteiger partial charge in [0.05, 0.1) is 25.5 Å². The Morgan fingerprint density at radius 2 is 2.27 bits per heavy atom. The molecule has 0 aliphatic heterocycles. The molecular formula is C15H19N5OS. The molecule has 0 atom stereocenters. The second-order valence-electron chi connectivity index (χ2n) is 4.74. The molecule has 0 aliphatic rings. The van der Waals surface area contributed by atoms with Gasteiger partial charge in [0.15, 0.2) is 0 Å². The highest BCUT2D eigenvalue weighted by atomic mass is 32.1. The average Bonchev–Trinajstić information content (AvgIpc) is 2.92. The number of aromatic nitrogens is 3. The Bertz CT molecular complexity index is 715. The molecule has 22 heavy (non-hydrogen) atoms. The summed E-state index contributed by atoms with van der Waals surface area (Å²) in [5, 5.41) is 13.1. The Hall–Kier alpha value is -2.17. The van der Waals surface area contributed by atoms with Crippen LogP contribution in [0.25, 0.3) is 5.69 Å². The third kappa shape index (κ3) is 3.72. The Labute approximate surface area is 135 Å². The first-order chi connectivity index (χ1) is 10.7. The van der Waals surface area contributed by atoms with Gasteiger partial charge in [0.1, 0.15) is 12.1 Å². The molecule has 0 saturated heterocycles. The average molecular weight is 317 g/mol. The minimum absolute atomic E-state index is 0.498. The number of nitrogens with zero attached hydrogens (tertiary/aromatic N) is 5. The number of hydrogen-bond acceptors (Lipinski definition) is 5. The van der Waals surface area contributed by atoms with Gasteiger partial charge in [-0.1, -0.05) is 13.0 Å². The lowest BCUT2D eigenvalue weighted by molar-refractivity contribution is 0.220. The van der Waals surface area contributed by atoms with Gasteiger partial charge >= 0.3 is 0 Å². The van der Waals surface area contributed by atoms with Crippen molar-refractivity contribution >= 4 is 12.2 Å². The Kier molecular flexibility index (Phi) is 5.69. The molecule has 7 heteroatoms. The summed E-state index contributed by atoms with van der Waals surface area (Å²) in [4.78, 5) is 2.13. The lowest BCUT2D eigenvalue weighted by Crippen LogP contribution is -2.28.